The zero-order valence-electron chi connectivity index (χ0n) is 17.0. The first-order chi connectivity index (χ1) is 15.2. The lowest BCUT2D eigenvalue weighted by Crippen LogP contribution is -2.24. The standard InChI is InChI=1S/C24H21N5OS/c1-16-7-6-12-29-14-18(26-22(16)29)13-25-23(30)19-9-3-2-8-17(19)15-31-24-27-20-10-4-5-11-21(20)28-24/h2-12,14H,13,15H2,1H3,(H,25,30)(H,27,28). The number of thioether (sulfide) groups is 1. The Bertz CT molecular complexity index is 1350. The molecule has 0 aliphatic heterocycles. The van der Waals surface area contributed by atoms with Crippen LogP contribution in [0.4, 0.5) is 0 Å². The van der Waals surface area contributed by atoms with Crippen molar-refractivity contribution < 1.29 is 4.79 Å². The Morgan fingerprint density at radius 1 is 1.06 bits per heavy atom. The third kappa shape index (κ3) is 4.04. The molecule has 0 unspecified atom stereocenters. The number of benzene rings is 2. The molecule has 0 atom stereocenters. The van der Waals surface area contributed by atoms with Gasteiger partial charge in [-0.25, -0.2) is 9.97 Å². The predicted octanol–water partition coefficient (Wildman–Crippen LogP) is 4.74. The number of nitrogens with zero attached hydrogens (tertiary/aromatic N) is 3. The van der Waals surface area contributed by atoms with Crippen LogP contribution in [-0.4, -0.2) is 25.3 Å². The average Bonchev–Trinajstić information content (AvgIpc) is 3.40. The SMILES string of the molecule is Cc1cccn2cc(CNC(=O)c3ccccc3CSc3nc4ccccc4[nH]3)nc12. The van der Waals surface area contributed by atoms with E-state index in [-0.39, 0.29) is 5.91 Å². The molecule has 3 heterocycles. The van der Waals surface area contributed by atoms with Gasteiger partial charge in [-0.05, 0) is 42.3 Å². The lowest BCUT2D eigenvalue weighted by atomic mass is 10.1. The van der Waals surface area contributed by atoms with Crippen LogP contribution < -0.4 is 5.32 Å². The summed E-state index contributed by atoms with van der Waals surface area (Å²) < 4.78 is 1.98. The fourth-order valence-corrected chi connectivity index (χ4v) is 4.46. The second kappa shape index (κ2) is 8.28. The molecule has 0 radical (unpaired) electrons. The van der Waals surface area contributed by atoms with Crippen LogP contribution in [0.1, 0.15) is 27.2 Å². The number of pyridine rings is 1. The van der Waals surface area contributed by atoms with Gasteiger partial charge >= 0.3 is 0 Å². The van der Waals surface area contributed by atoms with E-state index in [0.29, 0.717) is 17.9 Å². The van der Waals surface area contributed by atoms with Crippen molar-refractivity contribution in [1.29, 1.82) is 0 Å². The molecule has 0 aliphatic carbocycles. The smallest absolute Gasteiger partial charge is 0.251 e. The van der Waals surface area contributed by atoms with E-state index in [1.807, 2.05) is 84.4 Å². The first-order valence-corrected chi connectivity index (χ1v) is 11.0. The second-order valence-corrected chi connectivity index (χ2v) is 8.31. The summed E-state index contributed by atoms with van der Waals surface area (Å²) in [6.45, 7) is 2.41. The van der Waals surface area contributed by atoms with Gasteiger partial charge in [-0.3, -0.25) is 4.79 Å². The number of H-pyrrole nitrogens is 1. The fourth-order valence-electron chi connectivity index (χ4n) is 3.57. The molecule has 1 amide bonds. The topological polar surface area (TPSA) is 75.1 Å². The molecule has 0 spiro atoms. The van der Waals surface area contributed by atoms with Crippen LogP contribution in [0, 0.1) is 6.92 Å². The molecule has 0 aliphatic rings. The van der Waals surface area contributed by atoms with Gasteiger partial charge in [0.15, 0.2) is 5.16 Å². The van der Waals surface area contributed by atoms with E-state index >= 15 is 0 Å². The molecule has 3 aromatic heterocycles. The third-order valence-corrected chi connectivity index (χ3v) is 6.07. The summed E-state index contributed by atoms with van der Waals surface area (Å²) in [6.07, 6.45) is 3.91. The van der Waals surface area contributed by atoms with Gasteiger partial charge in [0.1, 0.15) is 5.65 Å². The number of hydrogen-bond acceptors (Lipinski definition) is 4. The van der Waals surface area contributed by atoms with Crippen LogP contribution in [0.5, 0.6) is 0 Å². The number of aryl methyl sites for hydroxylation is 1. The van der Waals surface area contributed by atoms with Gasteiger partial charge in [-0.2, -0.15) is 0 Å². The maximum Gasteiger partial charge on any atom is 0.251 e. The van der Waals surface area contributed by atoms with Crippen LogP contribution in [0.15, 0.2) is 78.2 Å². The number of hydrogen-bond donors (Lipinski definition) is 2. The summed E-state index contributed by atoms with van der Waals surface area (Å²) in [5.74, 6) is 0.548. The number of carbonyl (C=O) groups excluding carboxylic acids is 1. The van der Waals surface area contributed by atoms with Gasteiger partial charge in [0, 0.05) is 23.7 Å². The van der Waals surface area contributed by atoms with Crippen molar-refractivity contribution in [2.24, 2.45) is 0 Å². The Labute approximate surface area is 183 Å². The number of rotatable bonds is 6. The molecule has 2 aromatic carbocycles. The summed E-state index contributed by atoms with van der Waals surface area (Å²) in [7, 11) is 0. The molecule has 6 nitrogen and oxygen atoms in total. The molecule has 5 rings (SSSR count). The van der Waals surface area contributed by atoms with E-state index in [4.69, 9.17) is 0 Å². The van der Waals surface area contributed by atoms with Gasteiger partial charge in [0.25, 0.3) is 5.91 Å². The number of aromatic amines is 1. The number of para-hydroxylation sites is 2. The zero-order valence-corrected chi connectivity index (χ0v) is 17.8. The Morgan fingerprint density at radius 3 is 2.77 bits per heavy atom. The van der Waals surface area contributed by atoms with Crippen molar-refractivity contribution in [2.45, 2.75) is 24.4 Å². The zero-order chi connectivity index (χ0) is 21.2. The summed E-state index contributed by atoms with van der Waals surface area (Å²) in [6, 6.07) is 19.7. The molecule has 2 N–H and O–H groups in total. The minimum absolute atomic E-state index is 0.102. The van der Waals surface area contributed by atoms with Gasteiger partial charge < -0.3 is 14.7 Å². The van der Waals surface area contributed by atoms with E-state index in [1.165, 1.54) is 0 Å². The molecule has 0 bridgehead atoms. The molecular weight excluding hydrogens is 406 g/mol. The number of nitrogens with one attached hydrogen (secondary N) is 2. The second-order valence-electron chi connectivity index (χ2n) is 7.34. The molecular formula is C24H21N5OS. The Morgan fingerprint density at radius 2 is 1.90 bits per heavy atom. The van der Waals surface area contributed by atoms with E-state index in [9.17, 15) is 4.79 Å². The van der Waals surface area contributed by atoms with E-state index in [2.05, 4.69) is 20.3 Å². The highest BCUT2D eigenvalue weighted by molar-refractivity contribution is 7.98. The largest absolute Gasteiger partial charge is 0.346 e. The maximum absolute atomic E-state index is 12.9. The van der Waals surface area contributed by atoms with E-state index in [1.54, 1.807) is 11.8 Å². The van der Waals surface area contributed by atoms with Crippen molar-refractivity contribution in [2.75, 3.05) is 0 Å². The fraction of sp³-hybridized carbons (Fsp3) is 0.125. The van der Waals surface area contributed by atoms with Crippen LogP contribution >= 0.6 is 11.8 Å². The number of carbonyl (C=O) groups is 1. The molecule has 0 fully saturated rings. The first-order valence-electron chi connectivity index (χ1n) is 10.0. The van der Waals surface area contributed by atoms with Crippen molar-refractivity contribution in [3.8, 4) is 0 Å². The Hall–Kier alpha value is -3.58. The number of amides is 1. The molecule has 7 heteroatoms. The first kappa shape index (κ1) is 19.4. The van der Waals surface area contributed by atoms with Crippen molar-refractivity contribution in [3.05, 3.63) is 95.4 Å². The quantitative estimate of drug-likeness (QED) is 0.384. The third-order valence-electron chi connectivity index (χ3n) is 5.15. The summed E-state index contributed by atoms with van der Waals surface area (Å²) in [4.78, 5) is 25.4. The molecule has 0 saturated heterocycles. The summed E-state index contributed by atoms with van der Waals surface area (Å²) >= 11 is 1.59. The normalized spacial score (nSPS) is 11.3. The van der Waals surface area contributed by atoms with Crippen molar-refractivity contribution in [1.82, 2.24) is 24.7 Å². The minimum Gasteiger partial charge on any atom is -0.346 e. The predicted molar refractivity (Wildman–Crippen MR) is 123 cm³/mol. The van der Waals surface area contributed by atoms with Gasteiger partial charge in [-0.15, -0.1) is 0 Å². The molecule has 0 saturated carbocycles. The Kier molecular flexibility index (Phi) is 5.18. The molecule has 5 aromatic rings. The number of fused-ring (bicyclic) bond motifs is 2. The van der Waals surface area contributed by atoms with E-state index < -0.39 is 0 Å². The van der Waals surface area contributed by atoms with Crippen LogP contribution in [-0.2, 0) is 12.3 Å². The van der Waals surface area contributed by atoms with Crippen molar-refractivity contribution >= 4 is 34.3 Å². The van der Waals surface area contributed by atoms with Crippen molar-refractivity contribution in [3.63, 3.8) is 0 Å². The Balaban J connectivity index is 1.28. The molecule has 31 heavy (non-hydrogen) atoms. The highest BCUT2D eigenvalue weighted by atomic mass is 32.2. The van der Waals surface area contributed by atoms with Crippen LogP contribution in [0.25, 0.3) is 16.7 Å². The lowest BCUT2D eigenvalue weighted by molar-refractivity contribution is 0.0950. The lowest BCUT2D eigenvalue weighted by Gasteiger charge is -2.09. The van der Waals surface area contributed by atoms with Gasteiger partial charge in [0.2, 0.25) is 0 Å². The van der Waals surface area contributed by atoms with Gasteiger partial charge in [0.05, 0.1) is 23.3 Å². The number of imidazole rings is 2. The van der Waals surface area contributed by atoms with Crippen LogP contribution in [0.2, 0.25) is 0 Å². The highest BCUT2D eigenvalue weighted by Crippen LogP contribution is 2.24. The summed E-state index contributed by atoms with van der Waals surface area (Å²) in [5, 5.41) is 3.85. The van der Waals surface area contributed by atoms with E-state index in [0.717, 1.165) is 38.7 Å². The van der Waals surface area contributed by atoms with Gasteiger partial charge in [-0.1, -0.05) is 48.2 Å². The molecule has 154 valence electrons. The maximum atomic E-state index is 12.9. The summed E-state index contributed by atoms with van der Waals surface area (Å²) in [5.41, 5.74) is 6.44. The average molecular weight is 428 g/mol. The minimum atomic E-state index is -0.102. The van der Waals surface area contributed by atoms with Crippen LogP contribution in [0.3, 0.4) is 0 Å². The highest BCUT2D eigenvalue weighted by Gasteiger charge is 2.13. The number of aromatic nitrogens is 4. The monoisotopic (exact) mass is 427 g/mol.